The minimum atomic E-state index is -0.901. The van der Waals surface area contributed by atoms with E-state index in [1.165, 1.54) is 0 Å². The molecule has 2 atom stereocenters. The first-order valence-electron chi connectivity index (χ1n) is 6.38. The van der Waals surface area contributed by atoms with Gasteiger partial charge in [-0.15, -0.1) is 0 Å². The number of amides is 1. The summed E-state index contributed by atoms with van der Waals surface area (Å²) in [4.78, 5) is 11.7. The summed E-state index contributed by atoms with van der Waals surface area (Å²) in [5, 5.41) is 12.5. The van der Waals surface area contributed by atoms with Gasteiger partial charge < -0.3 is 15.2 Å². The van der Waals surface area contributed by atoms with Crippen LogP contribution < -0.4 is 5.32 Å². The van der Waals surface area contributed by atoms with Crippen LogP contribution in [0.2, 0.25) is 0 Å². The van der Waals surface area contributed by atoms with Crippen LogP contribution in [0.15, 0.2) is 30.3 Å². The van der Waals surface area contributed by atoms with Gasteiger partial charge in [0.2, 0.25) is 5.91 Å². The van der Waals surface area contributed by atoms with Crippen LogP contribution in [0.1, 0.15) is 24.8 Å². The molecule has 2 rings (SSSR count). The lowest BCUT2D eigenvalue weighted by atomic mass is 10.1. The van der Waals surface area contributed by atoms with Crippen molar-refractivity contribution in [2.75, 3.05) is 6.61 Å². The third-order valence-corrected chi connectivity index (χ3v) is 3.08. The van der Waals surface area contributed by atoms with Gasteiger partial charge in [0.15, 0.2) is 6.23 Å². The summed E-state index contributed by atoms with van der Waals surface area (Å²) < 4.78 is 5.43. The summed E-state index contributed by atoms with van der Waals surface area (Å²) in [6, 6.07) is 9.48. The van der Waals surface area contributed by atoms with Gasteiger partial charge in [0, 0.05) is 6.61 Å². The van der Waals surface area contributed by atoms with Crippen LogP contribution in [0.5, 0.6) is 0 Å². The van der Waals surface area contributed by atoms with Crippen molar-refractivity contribution in [3.63, 3.8) is 0 Å². The number of aliphatic hydroxyl groups excluding tert-OH is 1. The maximum atomic E-state index is 11.7. The third kappa shape index (κ3) is 3.82. The van der Waals surface area contributed by atoms with E-state index in [9.17, 15) is 9.90 Å². The minimum Gasteiger partial charge on any atom is -0.374 e. The summed E-state index contributed by atoms with van der Waals surface area (Å²) in [7, 11) is 0. The normalized spacial score (nSPS) is 21.3. The number of hydrogen-bond acceptors (Lipinski definition) is 3. The molecule has 1 aromatic carbocycles. The minimum absolute atomic E-state index is 0.178. The molecule has 0 saturated carbocycles. The second-order valence-electron chi connectivity index (χ2n) is 4.58. The molecule has 4 heteroatoms. The van der Waals surface area contributed by atoms with Gasteiger partial charge in [0.1, 0.15) is 6.10 Å². The van der Waals surface area contributed by atoms with E-state index in [-0.39, 0.29) is 18.4 Å². The number of carbonyl (C=O) groups excluding carboxylic acids is 1. The lowest BCUT2D eigenvalue weighted by molar-refractivity contribution is -0.129. The number of benzene rings is 1. The Kier molecular flexibility index (Phi) is 4.73. The molecule has 1 heterocycles. The molecule has 0 aliphatic carbocycles. The molecule has 1 aliphatic rings. The standard InChI is InChI=1S/C14H19NO3/c16-13(10-11-6-2-1-3-7-11)15-14(17)12-8-4-5-9-18-12/h1-3,6-7,12,14,17H,4-5,8-10H2,(H,15,16)/t12-,14-/m0/s1. The van der Waals surface area contributed by atoms with Gasteiger partial charge >= 0.3 is 0 Å². The van der Waals surface area contributed by atoms with Crippen molar-refractivity contribution in [1.29, 1.82) is 0 Å². The van der Waals surface area contributed by atoms with E-state index in [0.29, 0.717) is 6.61 Å². The van der Waals surface area contributed by atoms with Crippen LogP contribution in [-0.2, 0) is 16.0 Å². The van der Waals surface area contributed by atoms with Crippen LogP contribution in [-0.4, -0.2) is 30.0 Å². The quantitative estimate of drug-likeness (QED) is 0.789. The van der Waals surface area contributed by atoms with E-state index in [1.54, 1.807) is 0 Å². The monoisotopic (exact) mass is 249 g/mol. The van der Waals surface area contributed by atoms with Crippen LogP contribution in [0.4, 0.5) is 0 Å². The molecule has 1 amide bonds. The average molecular weight is 249 g/mol. The number of rotatable bonds is 4. The summed E-state index contributed by atoms with van der Waals surface area (Å²) >= 11 is 0. The summed E-state index contributed by atoms with van der Waals surface area (Å²) in [6.45, 7) is 0.663. The lowest BCUT2D eigenvalue weighted by Gasteiger charge is -2.27. The zero-order valence-electron chi connectivity index (χ0n) is 10.3. The first-order valence-corrected chi connectivity index (χ1v) is 6.38. The molecule has 1 saturated heterocycles. The van der Waals surface area contributed by atoms with Crippen LogP contribution >= 0.6 is 0 Å². The molecule has 0 spiro atoms. The molecule has 0 unspecified atom stereocenters. The van der Waals surface area contributed by atoms with Gasteiger partial charge in [0.25, 0.3) is 0 Å². The van der Waals surface area contributed by atoms with Crippen LogP contribution in [0.3, 0.4) is 0 Å². The molecular formula is C14H19NO3. The molecule has 98 valence electrons. The zero-order valence-corrected chi connectivity index (χ0v) is 10.3. The highest BCUT2D eigenvalue weighted by Gasteiger charge is 2.23. The largest absolute Gasteiger partial charge is 0.374 e. The Hall–Kier alpha value is -1.39. The molecule has 4 nitrogen and oxygen atoms in total. The first-order chi connectivity index (χ1) is 8.75. The number of aliphatic hydroxyl groups is 1. The van der Waals surface area contributed by atoms with E-state index in [2.05, 4.69) is 5.32 Å². The van der Waals surface area contributed by atoms with E-state index in [0.717, 1.165) is 24.8 Å². The van der Waals surface area contributed by atoms with Gasteiger partial charge in [0.05, 0.1) is 6.42 Å². The molecule has 0 bridgehead atoms. The Bertz CT molecular complexity index is 374. The molecule has 0 aromatic heterocycles. The molecular weight excluding hydrogens is 230 g/mol. The summed E-state index contributed by atoms with van der Waals surface area (Å²) in [5.41, 5.74) is 0.937. The Morgan fingerprint density at radius 3 is 2.83 bits per heavy atom. The van der Waals surface area contributed by atoms with Gasteiger partial charge in [-0.1, -0.05) is 30.3 Å². The molecule has 1 fully saturated rings. The number of carbonyl (C=O) groups is 1. The first kappa shape index (κ1) is 13.1. The Balaban J connectivity index is 1.79. The number of hydrogen-bond donors (Lipinski definition) is 2. The third-order valence-electron chi connectivity index (χ3n) is 3.08. The smallest absolute Gasteiger partial charge is 0.226 e. The zero-order chi connectivity index (χ0) is 12.8. The van der Waals surface area contributed by atoms with Crippen LogP contribution in [0, 0.1) is 0 Å². The molecule has 1 aromatic rings. The highest BCUT2D eigenvalue weighted by molar-refractivity contribution is 5.78. The summed E-state index contributed by atoms with van der Waals surface area (Å²) in [5.74, 6) is -0.178. The predicted molar refractivity (Wildman–Crippen MR) is 67.9 cm³/mol. The van der Waals surface area contributed by atoms with Crippen molar-refractivity contribution in [2.45, 2.75) is 38.0 Å². The molecule has 18 heavy (non-hydrogen) atoms. The van der Waals surface area contributed by atoms with Crippen molar-refractivity contribution >= 4 is 5.91 Å². The van der Waals surface area contributed by atoms with Crippen molar-refractivity contribution in [3.8, 4) is 0 Å². The van der Waals surface area contributed by atoms with Crippen molar-refractivity contribution in [2.24, 2.45) is 0 Å². The number of ether oxygens (including phenoxy) is 1. The Labute approximate surface area is 107 Å². The van der Waals surface area contributed by atoms with E-state index >= 15 is 0 Å². The van der Waals surface area contributed by atoms with Crippen molar-refractivity contribution < 1.29 is 14.6 Å². The lowest BCUT2D eigenvalue weighted by Crippen LogP contribution is -2.46. The summed E-state index contributed by atoms with van der Waals surface area (Å²) in [6.07, 6.45) is 1.98. The Morgan fingerprint density at radius 1 is 1.39 bits per heavy atom. The van der Waals surface area contributed by atoms with Gasteiger partial charge in [-0.25, -0.2) is 0 Å². The fourth-order valence-corrected chi connectivity index (χ4v) is 2.10. The second kappa shape index (κ2) is 6.52. The molecule has 2 N–H and O–H groups in total. The highest BCUT2D eigenvalue weighted by atomic mass is 16.5. The van der Waals surface area contributed by atoms with Crippen molar-refractivity contribution in [3.05, 3.63) is 35.9 Å². The van der Waals surface area contributed by atoms with Gasteiger partial charge in [-0.3, -0.25) is 4.79 Å². The van der Waals surface area contributed by atoms with Gasteiger partial charge in [-0.2, -0.15) is 0 Å². The van der Waals surface area contributed by atoms with Gasteiger partial charge in [-0.05, 0) is 24.8 Å². The fraction of sp³-hybridized carbons (Fsp3) is 0.500. The number of nitrogens with one attached hydrogen (secondary N) is 1. The average Bonchev–Trinajstić information content (AvgIpc) is 2.40. The maximum Gasteiger partial charge on any atom is 0.226 e. The van der Waals surface area contributed by atoms with Crippen molar-refractivity contribution in [1.82, 2.24) is 5.32 Å². The molecule has 1 aliphatic heterocycles. The fourth-order valence-electron chi connectivity index (χ4n) is 2.10. The van der Waals surface area contributed by atoms with E-state index in [4.69, 9.17) is 4.74 Å². The second-order valence-corrected chi connectivity index (χ2v) is 4.58. The highest BCUT2D eigenvalue weighted by Crippen LogP contribution is 2.14. The Morgan fingerprint density at radius 2 is 2.17 bits per heavy atom. The SMILES string of the molecule is O=C(Cc1ccccc1)N[C@@H](O)[C@@H]1CCCCO1. The van der Waals surface area contributed by atoms with Crippen LogP contribution in [0.25, 0.3) is 0 Å². The molecule has 0 radical (unpaired) electrons. The predicted octanol–water partition coefficient (Wildman–Crippen LogP) is 1.23. The van der Waals surface area contributed by atoms with E-state index in [1.807, 2.05) is 30.3 Å². The topological polar surface area (TPSA) is 58.6 Å². The van der Waals surface area contributed by atoms with E-state index < -0.39 is 6.23 Å². The maximum absolute atomic E-state index is 11.7.